The zero-order chi connectivity index (χ0) is 11.8. The third-order valence-corrected chi connectivity index (χ3v) is 1.79. The molecule has 0 aromatic carbocycles. The molecular weight excluding hydrogens is 214 g/mol. The van der Waals surface area contributed by atoms with Gasteiger partial charge in [-0.2, -0.15) is 0 Å². The molecule has 82 valence electrons. The molecule has 0 aromatic rings. The fourth-order valence-electron chi connectivity index (χ4n) is 1.09. The molecule has 0 aromatic heterocycles. The molecule has 1 rings (SSSR count). The molecule has 0 fully saturated rings. The van der Waals surface area contributed by atoms with Gasteiger partial charge in [-0.3, -0.25) is 15.8 Å². The average molecular weight is 220 g/mol. The van der Waals surface area contributed by atoms with Crippen LogP contribution in [-0.2, 0) is 4.79 Å². The Morgan fingerprint density at radius 3 is 2.67 bits per heavy atom. The highest BCUT2D eigenvalue weighted by atomic mass is 19.2. The Bertz CT molecular complexity index is 388. The van der Waals surface area contributed by atoms with E-state index < -0.39 is 34.1 Å². The van der Waals surface area contributed by atoms with Crippen LogP contribution >= 0.6 is 0 Å². The normalized spacial score (nSPS) is 30.5. The van der Waals surface area contributed by atoms with Crippen LogP contribution < -0.4 is 5.73 Å². The molecule has 0 amide bonds. The molecule has 0 saturated heterocycles. The lowest BCUT2D eigenvalue weighted by Gasteiger charge is -2.23. The standard InChI is InChI=1S/C7H6F2N2O4/c8-5-4(6(12)13)1-3(11(14)15)2-7(5,9)10/h1-2,5H,10H2,(H,12,13). The van der Waals surface area contributed by atoms with Crippen LogP contribution in [0.3, 0.4) is 0 Å². The molecule has 0 radical (unpaired) electrons. The predicted molar refractivity (Wildman–Crippen MR) is 43.7 cm³/mol. The van der Waals surface area contributed by atoms with E-state index in [9.17, 15) is 23.7 Å². The van der Waals surface area contributed by atoms with E-state index >= 15 is 0 Å². The summed E-state index contributed by atoms with van der Waals surface area (Å²) >= 11 is 0. The minimum atomic E-state index is -3.18. The van der Waals surface area contributed by atoms with Gasteiger partial charge in [-0.15, -0.1) is 0 Å². The number of alkyl halides is 2. The summed E-state index contributed by atoms with van der Waals surface area (Å²) in [4.78, 5) is 19.7. The molecule has 1 aliphatic rings. The van der Waals surface area contributed by atoms with Crippen LogP contribution in [-0.4, -0.2) is 28.0 Å². The van der Waals surface area contributed by atoms with Crippen molar-refractivity contribution < 1.29 is 23.6 Å². The number of allylic oxidation sites excluding steroid dienone is 1. The zero-order valence-electron chi connectivity index (χ0n) is 7.18. The highest BCUT2D eigenvalue weighted by Gasteiger charge is 2.44. The maximum absolute atomic E-state index is 13.2. The summed E-state index contributed by atoms with van der Waals surface area (Å²) in [6, 6.07) is 0. The number of carboxylic acid groups (broad SMARTS) is 1. The van der Waals surface area contributed by atoms with Gasteiger partial charge in [0.1, 0.15) is 0 Å². The lowest BCUT2D eigenvalue weighted by molar-refractivity contribution is -0.420. The topological polar surface area (TPSA) is 106 Å². The molecule has 3 N–H and O–H groups in total. The largest absolute Gasteiger partial charge is 0.478 e. The van der Waals surface area contributed by atoms with E-state index in [0.717, 1.165) is 0 Å². The summed E-state index contributed by atoms with van der Waals surface area (Å²) < 4.78 is 26.3. The first-order valence-corrected chi connectivity index (χ1v) is 3.69. The molecule has 0 bridgehead atoms. The summed E-state index contributed by atoms with van der Waals surface area (Å²) in [7, 11) is 0. The van der Waals surface area contributed by atoms with Crippen molar-refractivity contribution in [2.45, 2.75) is 12.0 Å². The number of nitrogens with zero attached hydrogens (tertiary/aromatic N) is 1. The first kappa shape index (κ1) is 11.2. The molecule has 2 atom stereocenters. The van der Waals surface area contributed by atoms with Gasteiger partial charge in [-0.1, -0.05) is 0 Å². The summed E-state index contributed by atoms with van der Waals surface area (Å²) in [5.74, 6) is -4.97. The van der Waals surface area contributed by atoms with Gasteiger partial charge < -0.3 is 5.11 Å². The summed E-state index contributed by atoms with van der Waals surface area (Å²) in [5, 5.41) is 18.7. The van der Waals surface area contributed by atoms with Crippen LogP contribution in [0.2, 0.25) is 0 Å². The second-order valence-corrected chi connectivity index (χ2v) is 2.92. The fourth-order valence-corrected chi connectivity index (χ4v) is 1.09. The Labute approximate surface area is 81.8 Å². The van der Waals surface area contributed by atoms with Gasteiger partial charge in [-0.05, 0) is 0 Å². The SMILES string of the molecule is NC1(F)C=C([N+](=O)[O-])C=C(C(=O)O)C1F. The Balaban J connectivity index is 3.25. The van der Waals surface area contributed by atoms with Crippen molar-refractivity contribution in [1.29, 1.82) is 0 Å². The van der Waals surface area contributed by atoms with Crippen molar-refractivity contribution in [1.82, 2.24) is 0 Å². The number of hydrogen-bond donors (Lipinski definition) is 2. The summed E-state index contributed by atoms with van der Waals surface area (Å²) in [6.45, 7) is 0. The number of nitro groups is 1. The Kier molecular flexibility index (Phi) is 2.54. The fraction of sp³-hybridized carbons (Fsp3) is 0.286. The maximum atomic E-state index is 13.2. The van der Waals surface area contributed by atoms with E-state index in [0.29, 0.717) is 6.08 Å². The third-order valence-electron chi connectivity index (χ3n) is 1.79. The molecule has 8 heteroatoms. The second kappa shape index (κ2) is 3.39. The molecule has 6 nitrogen and oxygen atoms in total. The van der Waals surface area contributed by atoms with Gasteiger partial charge in [0.05, 0.1) is 10.5 Å². The van der Waals surface area contributed by atoms with Crippen LogP contribution in [0.1, 0.15) is 0 Å². The first-order chi connectivity index (χ1) is 6.75. The van der Waals surface area contributed by atoms with Gasteiger partial charge >= 0.3 is 5.97 Å². The quantitative estimate of drug-likeness (QED) is 0.391. The number of rotatable bonds is 2. The van der Waals surface area contributed by atoms with Crippen molar-refractivity contribution in [2.75, 3.05) is 0 Å². The molecule has 0 aliphatic heterocycles. The average Bonchev–Trinajstić information content (AvgIpc) is 2.08. The third kappa shape index (κ3) is 1.99. The molecule has 1 aliphatic carbocycles. The minimum absolute atomic E-state index is 0.240. The van der Waals surface area contributed by atoms with E-state index in [1.54, 1.807) is 0 Å². The smallest absolute Gasteiger partial charge is 0.334 e. The van der Waals surface area contributed by atoms with Crippen LogP contribution in [0.15, 0.2) is 23.4 Å². The van der Waals surface area contributed by atoms with Gasteiger partial charge in [0.2, 0.25) is 5.79 Å². The van der Waals surface area contributed by atoms with Crippen molar-refractivity contribution in [2.24, 2.45) is 5.73 Å². The van der Waals surface area contributed by atoms with Crippen LogP contribution in [0, 0.1) is 10.1 Å². The van der Waals surface area contributed by atoms with E-state index in [-0.39, 0.29) is 6.08 Å². The zero-order valence-corrected chi connectivity index (χ0v) is 7.18. The molecule has 0 spiro atoms. The Morgan fingerprint density at radius 2 is 2.27 bits per heavy atom. The second-order valence-electron chi connectivity index (χ2n) is 2.92. The number of carboxylic acids is 1. The molecule has 15 heavy (non-hydrogen) atoms. The van der Waals surface area contributed by atoms with Gasteiger partial charge in [-0.25, -0.2) is 13.6 Å². The van der Waals surface area contributed by atoms with Crippen molar-refractivity contribution in [3.63, 3.8) is 0 Å². The number of nitrogens with two attached hydrogens (primary N) is 1. The van der Waals surface area contributed by atoms with Crippen molar-refractivity contribution >= 4 is 5.97 Å². The molecule has 2 unspecified atom stereocenters. The van der Waals surface area contributed by atoms with Gasteiger partial charge in [0, 0.05) is 12.2 Å². The van der Waals surface area contributed by atoms with Crippen LogP contribution in [0.5, 0.6) is 0 Å². The number of carbonyl (C=O) groups is 1. The van der Waals surface area contributed by atoms with E-state index in [4.69, 9.17) is 10.8 Å². The van der Waals surface area contributed by atoms with Crippen LogP contribution in [0.25, 0.3) is 0 Å². The van der Waals surface area contributed by atoms with Crippen molar-refractivity contribution in [3.05, 3.63) is 33.5 Å². The first-order valence-electron chi connectivity index (χ1n) is 3.69. The predicted octanol–water partition coefficient (Wildman–Crippen LogP) is 0.134. The molecule has 0 saturated carbocycles. The Hall–Kier alpha value is -1.83. The molecule has 0 heterocycles. The van der Waals surface area contributed by atoms with E-state index in [1.165, 1.54) is 0 Å². The Morgan fingerprint density at radius 1 is 1.73 bits per heavy atom. The van der Waals surface area contributed by atoms with Crippen molar-refractivity contribution in [3.8, 4) is 0 Å². The lowest BCUT2D eigenvalue weighted by Crippen LogP contribution is -2.47. The van der Waals surface area contributed by atoms with E-state index in [2.05, 4.69) is 0 Å². The lowest BCUT2D eigenvalue weighted by atomic mass is 9.95. The number of halogens is 2. The van der Waals surface area contributed by atoms with Gasteiger partial charge in [0.15, 0.2) is 6.17 Å². The highest BCUT2D eigenvalue weighted by molar-refractivity contribution is 5.89. The van der Waals surface area contributed by atoms with E-state index in [1.807, 2.05) is 0 Å². The maximum Gasteiger partial charge on any atom is 0.334 e. The van der Waals surface area contributed by atoms with Crippen LogP contribution in [0.4, 0.5) is 8.78 Å². The highest BCUT2D eigenvalue weighted by Crippen LogP contribution is 2.29. The minimum Gasteiger partial charge on any atom is -0.478 e. The number of aliphatic carboxylic acids is 1. The molecular formula is C7H6F2N2O4. The monoisotopic (exact) mass is 220 g/mol. The summed E-state index contributed by atoms with van der Waals surface area (Å²) in [6.07, 6.45) is -1.94. The summed E-state index contributed by atoms with van der Waals surface area (Å²) in [5.41, 5.74) is 2.79. The van der Waals surface area contributed by atoms with Gasteiger partial charge in [0.25, 0.3) is 5.70 Å². The number of hydrogen-bond acceptors (Lipinski definition) is 4.